The fraction of sp³-hybridized carbons (Fsp3) is 0.235. The largest absolute Gasteiger partial charge is 0.349 e. The van der Waals surface area contributed by atoms with Crippen molar-refractivity contribution in [2.75, 3.05) is 11.4 Å². The van der Waals surface area contributed by atoms with Crippen LogP contribution in [0.1, 0.15) is 11.3 Å². The van der Waals surface area contributed by atoms with Crippen LogP contribution in [0.25, 0.3) is 0 Å². The van der Waals surface area contributed by atoms with Crippen molar-refractivity contribution >= 4 is 17.5 Å². The molecule has 0 radical (unpaired) electrons. The number of benzene rings is 1. The van der Waals surface area contributed by atoms with Crippen molar-refractivity contribution in [3.05, 3.63) is 59.9 Å². The lowest BCUT2D eigenvalue weighted by Crippen LogP contribution is -2.52. The number of nitrogens with one attached hydrogen (secondary N) is 1. The van der Waals surface area contributed by atoms with E-state index in [0.717, 1.165) is 16.9 Å². The third-order valence-electron chi connectivity index (χ3n) is 3.80. The molecule has 1 aliphatic rings. The van der Waals surface area contributed by atoms with Crippen LogP contribution in [0.5, 0.6) is 0 Å². The molecule has 0 spiro atoms. The first kappa shape index (κ1) is 15.2. The number of hydrogen-bond acceptors (Lipinski definition) is 4. The normalized spacial score (nSPS) is 16.8. The van der Waals surface area contributed by atoms with Gasteiger partial charge in [-0.1, -0.05) is 24.3 Å². The van der Waals surface area contributed by atoms with Gasteiger partial charge in [-0.2, -0.15) is 0 Å². The molecule has 2 aromatic rings. The molecule has 1 unspecified atom stereocenters. The summed E-state index contributed by atoms with van der Waals surface area (Å²) in [6.07, 6.45) is 2.17. The van der Waals surface area contributed by atoms with Crippen LogP contribution in [0.3, 0.4) is 0 Å². The average Bonchev–Trinajstić information content (AvgIpc) is 2.58. The number of amides is 2. The van der Waals surface area contributed by atoms with Crippen molar-refractivity contribution in [3.63, 3.8) is 0 Å². The van der Waals surface area contributed by atoms with Gasteiger partial charge in [-0.15, -0.1) is 0 Å². The number of nitrogens with zero attached hydrogens (tertiary/aromatic N) is 2. The van der Waals surface area contributed by atoms with Crippen LogP contribution in [0.15, 0.2) is 48.7 Å². The van der Waals surface area contributed by atoms with Crippen LogP contribution in [0.4, 0.5) is 5.69 Å². The molecule has 0 saturated heterocycles. The molecular weight excluding hydrogens is 292 g/mol. The van der Waals surface area contributed by atoms with Crippen LogP contribution < -0.4 is 16.0 Å². The predicted octanol–water partition coefficient (Wildman–Crippen LogP) is 0.614. The summed E-state index contributed by atoms with van der Waals surface area (Å²) in [7, 11) is 0. The van der Waals surface area contributed by atoms with E-state index in [2.05, 4.69) is 10.3 Å². The first-order chi connectivity index (χ1) is 11.1. The smallest absolute Gasteiger partial charge is 0.244 e. The zero-order valence-electron chi connectivity index (χ0n) is 12.6. The van der Waals surface area contributed by atoms with Gasteiger partial charge in [0.25, 0.3) is 0 Å². The Morgan fingerprint density at radius 2 is 2.04 bits per heavy atom. The Morgan fingerprint density at radius 3 is 2.83 bits per heavy atom. The predicted molar refractivity (Wildman–Crippen MR) is 86.6 cm³/mol. The number of rotatable bonds is 4. The Balaban J connectivity index is 1.69. The van der Waals surface area contributed by atoms with Crippen molar-refractivity contribution < 1.29 is 9.59 Å². The summed E-state index contributed by atoms with van der Waals surface area (Å²) in [6.45, 7) is 0.284. The van der Waals surface area contributed by atoms with Crippen LogP contribution in [-0.4, -0.2) is 29.4 Å². The summed E-state index contributed by atoms with van der Waals surface area (Å²) in [5.41, 5.74) is 8.40. The molecule has 1 aliphatic heterocycles. The van der Waals surface area contributed by atoms with Gasteiger partial charge < -0.3 is 16.0 Å². The SMILES string of the molecule is NC1Cc2ccccc2N(CC(=O)NCc2ccccn2)C1=O. The summed E-state index contributed by atoms with van der Waals surface area (Å²) in [6, 6.07) is 12.4. The molecule has 1 atom stereocenters. The number of pyridine rings is 1. The monoisotopic (exact) mass is 310 g/mol. The van der Waals surface area contributed by atoms with Gasteiger partial charge in [0.05, 0.1) is 18.3 Å². The molecule has 3 rings (SSSR count). The lowest BCUT2D eigenvalue weighted by Gasteiger charge is -2.32. The van der Waals surface area contributed by atoms with E-state index in [0.29, 0.717) is 13.0 Å². The van der Waals surface area contributed by atoms with Gasteiger partial charge in [-0.3, -0.25) is 14.6 Å². The standard InChI is InChI=1S/C17H18N4O2/c18-14-9-12-5-1-2-7-15(12)21(17(14)23)11-16(22)20-10-13-6-3-4-8-19-13/h1-8,14H,9-11,18H2,(H,20,22). The fourth-order valence-corrected chi connectivity index (χ4v) is 2.64. The van der Waals surface area contributed by atoms with E-state index in [1.807, 2.05) is 42.5 Å². The fourth-order valence-electron chi connectivity index (χ4n) is 2.64. The van der Waals surface area contributed by atoms with Crippen molar-refractivity contribution in [2.45, 2.75) is 19.0 Å². The second kappa shape index (κ2) is 6.58. The van der Waals surface area contributed by atoms with Crippen LogP contribution in [-0.2, 0) is 22.6 Å². The van der Waals surface area contributed by atoms with E-state index in [-0.39, 0.29) is 18.4 Å². The molecule has 6 nitrogen and oxygen atoms in total. The van der Waals surface area contributed by atoms with Crippen molar-refractivity contribution in [3.8, 4) is 0 Å². The summed E-state index contributed by atoms with van der Waals surface area (Å²) in [5.74, 6) is -0.468. The van der Waals surface area contributed by atoms with Gasteiger partial charge in [-0.25, -0.2) is 0 Å². The highest BCUT2D eigenvalue weighted by molar-refractivity contribution is 6.03. The molecule has 6 heteroatoms. The number of carbonyl (C=O) groups excluding carboxylic acids is 2. The first-order valence-corrected chi connectivity index (χ1v) is 7.46. The number of hydrogen-bond donors (Lipinski definition) is 2. The summed E-state index contributed by atoms with van der Waals surface area (Å²) < 4.78 is 0. The highest BCUT2D eigenvalue weighted by atomic mass is 16.2. The van der Waals surface area contributed by atoms with E-state index in [9.17, 15) is 9.59 Å². The molecule has 1 aromatic heterocycles. The van der Waals surface area contributed by atoms with E-state index >= 15 is 0 Å². The van der Waals surface area contributed by atoms with Gasteiger partial charge in [0.2, 0.25) is 11.8 Å². The Morgan fingerprint density at radius 1 is 1.26 bits per heavy atom. The highest BCUT2D eigenvalue weighted by Gasteiger charge is 2.31. The molecule has 2 heterocycles. The molecule has 0 bridgehead atoms. The Hall–Kier alpha value is -2.73. The topological polar surface area (TPSA) is 88.3 Å². The highest BCUT2D eigenvalue weighted by Crippen LogP contribution is 2.26. The zero-order chi connectivity index (χ0) is 16.2. The van der Waals surface area contributed by atoms with Gasteiger partial charge in [0.1, 0.15) is 6.54 Å². The second-order valence-electron chi connectivity index (χ2n) is 5.46. The molecule has 0 saturated carbocycles. The maximum absolute atomic E-state index is 12.3. The minimum absolute atomic E-state index is 0.0453. The van der Waals surface area contributed by atoms with Crippen molar-refractivity contribution in [1.29, 1.82) is 0 Å². The van der Waals surface area contributed by atoms with E-state index in [1.165, 1.54) is 4.90 Å². The molecule has 118 valence electrons. The second-order valence-corrected chi connectivity index (χ2v) is 5.46. The third kappa shape index (κ3) is 3.37. The zero-order valence-corrected chi connectivity index (χ0v) is 12.6. The van der Waals surface area contributed by atoms with Crippen LogP contribution in [0, 0.1) is 0 Å². The number of aromatic nitrogens is 1. The lowest BCUT2D eigenvalue weighted by atomic mass is 9.98. The summed E-state index contributed by atoms with van der Waals surface area (Å²) >= 11 is 0. The molecule has 3 N–H and O–H groups in total. The first-order valence-electron chi connectivity index (χ1n) is 7.46. The third-order valence-corrected chi connectivity index (χ3v) is 3.80. The maximum atomic E-state index is 12.3. The van der Waals surface area contributed by atoms with Crippen LogP contribution in [0.2, 0.25) is 0 Å². The average molecular weight is 310 g/mol. The minimum atomic E-state index is -0.603. The molecule has 0 aliphatic carbocycles. The van der Waals surface area contributed by atoms with E-state index in [1.54, 1.807) is 6.20 Å². The number of carbonyl (C=O) groups is 2. The van der Waals surface area contributed by atoms with Gasteiger partial charge in [-0.05, 0) is 30.2 Å². The molecule has 1 aromatic carbocycles. The van der Waals surface area contributed by atoms with Crippen LogP contribution >= 0.6 is 0 Å². The van der Waals surface area contributed by atoms with E-state index in [4.69, 9.17) is 5.73 Å². The summed E-state index contributed by atoms with van der Waals surface area (Å²) in [4.78, 5) is 30.1. The molecule has 23 heavy (non-hydrogen) atoms. The quantitative estimate of drug-likeness (QED) is 0.866. The number of fused-ring (bicyclic) bond motifs is 1. The number of para-hydroxylation sites is 1. The van der Waals surface area contributed by atoms with Gasteiger partial charge in [0.15, 0.2) is 0 Å². The summed E-state index contributed by atoms with van der Waals surface area (Å²) in [5, 5.41) is 2.78. The van der Waals surface area contributed by atoms with Gasteiger partial charge in [0, 0.05) is 11.9 Å². The Kier molecular flexibility index (Phi) is 4.34. The number of nitrogens with two attached hydrogens (primary N) is 1. The van der Waals surface area contributed by atoms with E-state index < -0.39 is 6.04 Å². The molecular formula is C17H18N4O2. The minimum Gasteiger partial charge on any atom is -0.349 e. The maximum Gasteiger partial charge on any atom is 0.244 e. The Bertz CT molecular complexity index is 718. The van der Waals surface area contributed by atoms with Gasteiger partial charge >= 0.3 is 0 Å². The van der Waals surface area contributed by atoms with Crippen molar-refractivity contribution in [1.82, 2.24) is 10.3 Å². The number of anilines is 1. The Labute approximate surface area is 134 Å². The molecule has 0 fully saturated rings. The lowest BCUT2D eigenvalue weighted by molar-refractivity contribution is -0.124. The molecule has 2 amide bonds. The van der Waals surface area contributed by atoms with Crippen molar-refractivity contribution in [2.24, 2.45) is 5.73 Å².